The van der Waals surface area contributed by atoms with Gasteiger partial charge < -0.3 is 10.2 Å². The largest absolute Gasteiger partial charge is 0.369 e. The molecule has 1 aliphatic heterocycles. The Hall–Kier alpha value is -1.40. The molecule has 0 atom stereocenters. The van der Waals surface area contributed by atoms with E-state index in [0.717, 1.165) is 18.9 Å². The molecule has 3 heterocycles. The number of hydrogen-bond donors (Lipinski definition) is 1. The SMILES string of the molecule is Clc1cc(NCCN2CCCCC2)n2ncnc2n1. The van der Waals surface area contributed by atoms with Gasteiger partial charge in [-0.25, -0.2) is 0 Å². The molecule has 1 aliphatic rings. The number of piperidine rings is 1. The maximum Gasteiger partial charge on any atom is 0.255 e. The number of anilines is 1. The van der Waals surface area contributed by atoms with E-state index >= 15 is 0 Å². The summed E-state index contributed by atoms with van der Waals surface area (Å²) in [5.41, 5.74) is 0. The van der Waals surface area contributed by atoms with Crippen molar-refractivity contribution >= 4 is 23.2 Å². The van der Waals surface area contributed by atoms with Gasteiger partial charge in [0, 0.05) is 19.2 Å². The predicted molar refractivity (Wildman–Crippen MR) is 74.6 cm³/mol. The van der Waals surface area contributed by atoms with E-state index in [0.29, 0.717) is 10.9 Å². The van der Waals surface area contributed by atoms with Gasteiger partial charge in [0.2, 0.25) is 0 Å². The lowest BCUT2D eigenvalue weighted by Gasteiger charge is -2.26. The molecule has 0 amide bonds. The molecular formula is C12H17ClN6. The molecule has 0 unspecified atom stereocenters. The van der Waals surface area contributed by atoms with Crippen molar-refractivity contribution in [1.29, 1.82) is 0 Å². The fourth-order valence-electron chi connectivity index (χ4n) is 2.43. The van der Waals surface area contributed by atoms with E-state index in [9.17, 15) is 0 Å². The second-order valence-corrected chi connectivity index (χ2v) is 5.15. The third-order valence-corrected chi connectivity index (χ3v) is 3.60. The molecule has 2 aromatic rings. The number of fused-ring (bicyclic) bond motifs is 1. The lowest BCUT2D eigenvalue weighted by atomic mass is 10.1. The third kappa shape index (κ3) is 2.96. The molecule has 1 fully saturated rings. The Morgan fingerprint density at radius 1 is 1.26 bits per heavy atom. The van der Waals surface area contributed by atoms with Crippen LogP contribution in [0.4, 0.5) is 5.82 Å². The minimum Gasteiger partial charge on any atom is -0.369 e. The number of hydrogen-bond acceptors (Lipinski definition) is 5. The van der Waals surface area contributed by atoms with E-state index in [1.165, 1.54) is 38.7 Å². The molecular weight excluding hydrogens is 264 g/mol. The molecule has 7 heteroatoms. The highest BCUT2D eigenvalue weighted by Crippen LogP contribution is 2.14. The van der Waals surface area contributed by atoms with Crippen LogP contribution in [0.1, 0.15) is 19.3 Å². The van der Waals surface area contributed by atoms with Crippen LogP contribution in [-0.2, 0) is 0 Å². The summed E-state index contributed by atoms with van der Waals surface area (Å²) in [4.78, 5) is 10.6. The molecule has 102 valence electrons. The van der Waals surface area contributed by atoms with Crippen molar-refractivity contribution in [3.8, 4) is 0 Å². The molecule has 0 spiro atoms. The summed E-state index contributed by atoms with van der Waals surface area (Å²) in [5, 5.41) is 7.92. The first-order valence-corrected chi connectivity index (χ1v) is 7.03. The van der Waals surface area contributed by atoms with Crippen LogP contribution in [0.15, 0.2) is 12.4 Å². The summed E-state index contributed by atoms with van der Waals surface area (Å²) >= 11 is 5.97. The summed E-state index contributed by atoms with van der Waals surface area (Å²) in [6, 6.07) is 1.78. The average molecular weight is 281 g/mol. The monoisotopic (exact) mass is 280 g/mol. The van der Waals surface area contributed by atoms with Crippen LogP contribution in [0.3, 0.4) is 0 Å². The second-order valence-electron chi connectivity index (χ2n) is 4.77. The van der Waals surface area contributed by atoms with Crippen LogP contribution in [0.2, 0.25) is 5.15 Å². The Bertz CT molecular complexity index is 548. The summed E-state index contributed by atoms with van der Waals surface area (Å²) in [5.74, 6) is 1.36. The van der Waals surface area contributed by atoms with Crippen molar-refractivity contribution in [3.63, 3.8) is 0 Å². The van der Waals surface area contributed by atoms with Gasteiger partial charge in [0.1, 0.15) is 17.3 Å². The molecule has 3 rings (SSSR count). The van der Waals surface area contributed by atoms with Crippen molar-refractivity contribution in [1.82, 2.24) is 24.5 Å². The van der Waals surface area contributed by atoms with Crippen LogP contribution < -0.4 is 5.32 Å². The quantitative estimate of drug-likeness (QED) is 0.864. The maximum atomic E-state index is 5.97. The van der Waals surface area contributed by atoms with E-state index in [1.807, 2.05) is 0 Å². The van der Waals surface area contributed by atoms with Crippen LogP contribution in [0.5, 0.6) is 0 Å². The average Bonchev–Trinajstić information content (AvgIpc) is 2.88. The number of nitrogens with zero attached hydrogens (tertiary/aromatic N) is 5. The van der Waals surface area contributed by atoms with Gasteiger partial charge in [-0.15, -0.1) is 0 Å². The number of nitrogens with one attached hydrogen (secondary N) is 1. The Kier molecular flexibility index (Phi) is 3.79. The normalized spacial score (nSPS) is 16.9. The molecule has 0 aliphatic carbocycles. The van der Waals surface area contributed by atoms with Crippen molar-refractivity contribution in [3.05, 3.63) is 17.5 Å². The minimum absolute atomic E-state index is 0.431. The Morgan fingerprint density at radius 2 is 2.11 bits per heavy atom. The fourth-order valence-corrected chi connectivity index (χ4v) is 2.61. The van der Waals surface area contributed by atoms with Gasteiger partial charge in [-0.3, -0.25) is 0 Å². The topological polar surface area (TPSA) is 58.4 Å². The minimum atomic E-state index is 0.431. The van der Waals surface area contributed by atoms with Gasteiger partial charge in [-0.05, 0) is 25.9 Å². The molecule has 6 nitrogen and oxygen atoms in total. The van der Waals surface area contributed by atoms with Crippen molar-refractivity contribution in [2.24, 2.45) is 0 Å². The lowest BCUT2D eigenvalue weighted by Crippen LogP contribution is -2.33. The molecule has 2 aromatic heterocycles. The van der Waals surface area contributed by atoms with E-state index in [1.54, 1.807) is 10.6 Å². The standard InChI is InChI=1S/C12H17ClN6/c13-10-8-11(19-12(17-10)15-9-16-19)14-4-7-18-5-2-1-3-6-18/h8-9,14H,1-7H2. The van der Waals surface area contributed by atoms with Gasteiger partial charge in [-0.2, -0.15) is 19.6 Å². The second kappa shape index (κ2) is 5.71. The molecule has 19 heavy (non-hydrogen) atoms. The van der Waals surface area contributed by atoms with E-state index in [2.05, 4.69) is 25.3 Å². The number of aromatic nitrogens is 4. The zero-order chi connectivity index (χ0) is 13.1. The van der Waals surface area contributed by atoms with Gasteiger partial charge >= 0.3 is 0 Å². The molecule has 0 radical (unpaired) electrons. The van der Waals surface area contributed by atoms with E-state index in [4.69, 9.17) is 11.6 Å². The summed E-state index contributed by atoms with van der Waals surface area (Å²) < 4.78 is 1.67. The molecule has 0 bridgehead atoms. The molecule has 1 N–H and O–H groups in total. The first-order valence-electron chi connectivity index (χ1n) is 6.65. The first-order chi connectivity index (χ1) is 9.33. The smallest absolute Gasteiger partial charge is 0.255 e. The first kappa shape index (κ1) is 12.6. The van der Waals surface area contributed by atoms with Crippen LogP contribution in [0.25, 0.3) is 5.78 Å². The third-order valence-electron chi connectivity index (χ3n) is 3.40. The Labute approximate surface area is 116 Å². The van der Waals surface area contributed by atoms with Crippen molar-refractivity contribution in [2.75, 3.05) is 31.5 Å². The van der Waals surface area contributed by atoms with Gasteiger partial charge in [-0.1, -0.05) is 18.0 Å². The van der Waals surface area contributed by atoms with E-state index in [-0.39, 0.29) is 0 Å². The Balaban J connectivity index is 1.63. The summed E-state index contributed by atoms with van der Waals surface area (Å²) in [6.45, 7) is 4.32. The van der Waals surface area contributed by atoms with Gasteiger partial charge in [0.15, 0.2) is 0 Å². The molecule has 0 saturated carbocycles. The number of halogens is 1. The molecule has 0 aromatic carbocycles. The zero-order valence-electron chi connectivity index (χ0n) is 10.7. The summed E-state index contributed by atoms with van der Waals surface area (Å²) in [6.07, 6.45) is 5.47. The maximum absolute atomic E-state index is 5.97. The van der Waals surface area contributed by atoms with Crippen LogP contribution in [-0.4, -0.2) is 50.7 Å². The van der Waals surface area contributed by atoms with Crippen molar-refractivity contribution < 1.29 is 0 Å². The van der Waals surface area contributed by atoms with Gasteiger partial charge in [0.25, 0.3) is 5.78 Å². The highest BCUT2D eigenvalue weighted by molar-refractivity contribution is 6.29. The van der Waals surface area contributed by atoms with Crippen LogP contribution >= 0.6 is 11.6 Å². The van der Waals surface area contributed by atoms with E-state index < -0.39 is 0 Å². The number of rotatable bonds is 4. The van der Waals surface area contributed by atoms with Crippen molar-refractivity contribution in [2.45, 2.75) is 19.3 Å². The zero-order valence-corrected chi connectivity index (χ0v) is 11.5. The Morgan fingerprint density at radius 3 is 2.95 bits per heavy atom. The highest BCUT2D eigenvalue weighted by Gasteiger charge is 2.10. The molecule has 1 saturated heterocycles. The van der Waals surface area contributed by atoms with Gasteiger partial charge in [0.05, 0.1) is 0 Å². The summed E-state index contributed by atoms with van der Waals surface area (Å²) in [7, 11) is 0. The highest BCUT2D eigenvalue weighted by atomic mass is 35.5. The fraction of sp³-hybridized carbons (Fsp3) is 0.583. The lowest BCUT2D eigenvalue weighted by molar-refractivity contribution is 0.237. The predicted octanol–water partition coefficient (Wildman–Crippen LogP) is 1.68. The van der Waals surface area contributed by atoms with Crippen LogP contribution in [0, 0.1) is 0 Å². The number of likely N-dealkylation sites (tertiary alicyclic amines) is 1.